The van der Waals surface area contributed by atoms with Gasteiger partial charge in [-0.25, -0.2) is 0 Å². The largest absolute Gasteiger partial charge is 0.397 e. The molecular weight excluding hydrogens is 266 g/mol. The summed E-state index contributed by atoms with van der Waals surface area (Å²) in [6.07, 6.45) is 3.85. The standard InChI is InChI=1S/C16H19N3O2/c17-13-4-1-3-12-14(5-7-18-15(12)13)19-8-2-6-16(11-19)20-9-10-21-16/h1,3-5,7H,2,6,8-11,17H2. The molecule has 2 aromatic rings. The summed E-state index contributed by atoms with van der Waals surface area (Å²) < 4.78 is 11.7. The maximum Gasteiger partial charge on any atom is 0.186 e. The highest BCUT2D eigenvalue weighted by molar-refractivity contribution is 5.98. The molecule has 0 unspecified atom stereocenters. The Bertz CT molecular complexity index is 668. The van der Waals surface area contributed by atoms with Gasteiger partial charge in [-0.05, 0) is 18.6 Å². The van der Waals surface area contributed by atoms with Crippen LogP contribution < -0.4 is 10.6 Å². The van der Waals surface area contributed by atoms with Crippen molar-refractivity contribution in [1.82, 2.24) is 4.98 Å². The minimum atomic E-state index is -0.422. The molecule has 110 valence electrons. The SMILES string of the molecule is Nc1cccc2c(N3CCCC4(C3)OCCO4)ccnc12. The number of benzene rings is 1. The number of ether oxygens (including phenoxy) is 2. The van der Waals surface area contributed by atoms with E-state index in [1.807, 2.05) is 18.3 Å². The lowest BCUT2D eigenvalue weighted by atomic mass is 10.0. The third kappa shape index (κ3) is 2.13. The molecule has 2 aliphatic heterocycles. The molecule has 1 spiro atoms. The van der Waals surface area contributed by atoms with Crippen LogP contribution in [0.3, 0.4) is 0 Å². The Morgan fingerprint density at radius 1 is 1.19 bits per heavy atom. The second-order valence-electron chi connectivity index (χ2n) is 5.71. The molecule has 2 saturated heterocycles. The summed E-state index contributed by atoms with van der Waals surface area (Å²) in [4.78, 5) is 6.74. The third-order valence-corrected chi connectivity index (χ3v) is 4.35. The van der Waals surface area contributed by atoms with Gasteiger partial charge in [0.25, 0.3) is 0 Å². The molecule has 0 amide bonds. The fraction of sp³-hybridized carbons (Fsp3) is 0.438. The van der Waals surface area contributed by atoms with Crippen LogP contribution in [-0.4, -0.2) is 37.1 Å². The summed E-state index contributed by atoms with van der Waals surface area (Å²) in [5, 5.41) is 1.09. The summed E-state index contributed by atoms with van der Waals surface area (Å²) in [7, 11) is 0. The molecule has 5 nitrogen and oxygen atoms in total. The molecule has 0 saturated carbocycles. The maximum atomic E-state index is 6.04. The lowest BCUT2D eigenvalue weighted by molar-refractivity contribution is -0.161. The number of para-hydroxylation sites is 1. The zero-order chi connectivity index (χ0) is 14.3. The van der Waals surface area contributed by atoms with E-state index in [4.69, 9.17) is 15.2 Å². The molecule has 21 heavy (non-hydrogen) atoms. The van der Waals surface area contributed by atoms with Gasteiger partial charge in [0.1, 0.15) is 0 Å². The topological polar surface area (TPSA) is 60.6 Å². The molecule has 1 aromatic carbocycles. The molecule has 0 radical (unpaired) electrons. The van der Waals surface area contributed by atoms with E-state index >= 15 is 0 Å². The highest BCUT2D eigenvalue weighted by atomic mass is 16.7. The van der Waals surface area contributed by atoms with Crippen molar-refractivity contribution in [3.05, 3.63) is 30.5 Å². The van der Waals surface area contributed by atoms with Gasteiger partial charge >= 0.3 is 0 Å². The van der Waals surface area contributed by atoms with E-state index in [0.717, 1.165) is 48.2 Å². The highest BCUT2D eigenvalue weighted by Crippen LogP contribution is 2.35. The van der Waals surface area contributed by atoms with E-state index in [9.17, 15) is 0 Å². The first kappa shape index (κ1) is 12.9. The Balaban J connectivity index is 1.74. The van der Waals surface area contributed by atoms with E-state index in [-0.39, 0.29) is 0 Å². The van der Waals surface area contributed by atoms with E-state index in [1.54, 1.807) is 0 Å². The molecular formula is C16H19N3O2. The third-order valence-electron chi connectivity index (χ3n) is 4.35. The van der Waals surface area contributed by atoms with E-state index in [0.29, 0.717) is 13.2 Å². The molecule has 2 fully saturated rings. The smallest absolute Gasteiger partial charge is 0.186 e. The zero-order valence-electron chi connectivity index (χ0n) is 11.9. The number of anilines is 2. The second-order valence-corrected chi connectivity index (χ2v) is 5.71. The Labute approximate surface area is 123 Å². The number of fused-ring (bicyclic) bond motifs is 1. The van der Waals surface area contributed by atoms with Crippen LogP contribution in [-0.2, 0) is 9.47 Å². The van der Waals surface area contributed by atoms with Crippen molar-refractivity contribution >= 4 is 22.3 Å². The average Bonchev–Trinajstić information content (AvgIpc) is 2.95. The lowest BCUT2D eigenvalue weighted by Crippen LogP contribution is -2.49. The van der Waals surface area contributed by atoms with Gasteiger partial charge in [-0.2, -0.15) is 0 Å². The van der Waals surface area contributed by atoms with Crippen molar-refractivity contribution in [2.45, 2.75) is 18.6 Å². The Morgan fingerprint density at radius 2 is 2.05 bits per heavy atom. The number of pyridine rings is 1. The number of piperidine rings is 1. The van der Waals surface area contributed by atoms with Crippen LogP contribution in [0.4, 0.5) is 11.4 Å². The second kappa shape index (κ2) is 4.86. The summed E-state index contributed by atoms with van der Waals surface area (Å²) in [6.45, 7) is 3.15. The van der Waals surface area contributed by atoms with E-state index in [1.165, 1.54) is 0 Å². The van der Waals surface area contributed by atoms with Crippen molar-refractivity contribution in [2.24, 2.45) is 0 Å². The molecule has 0 bridgehead atoms. The summed E-state index contributed by atoms with van der Waals surface area (Å²) in [6, 6.07) is 7.99. The molecule has 2 aliphatic rings. The summed E-state index contributed by atoms with van der Waals surface area (Å²) in [5.41, 5.74) is 8.78. The monoisotopic (exact) mass is 285 g/mol. The Kier molecular flexibility index (Phi) is 2.97. The molecule has 5 heteroatoms. The number of aromatic nitrogens is 1. The van der Waals surface area contributed by atoms with Crippen molar-refractivity contribution in [1.29, 1.82) is 0 Å². The summed E-state index contributed by atoms with van der Waals surface area (Å²) >= 11 is 0. The normalized spacial score (nSPS) is 21.2. The van der Waals surface area contributed by atoms with Crippen LogP contribution in [0, 0.1) is 0 Å². The van der Waals surface area contributed by atoms with Crippen molar-refractivity contribution < 1.29 is 9.47 Å². The Morgan fingerprint density at radius 3 is 2.90 bits per heavy atom. The van der Waals surface area contributed by atoms with Gasteiger partial charge < -0.3 is 20.1 Å². The van der Waals surface area contributed by atoms with Gasteiger partial charge in [-0.15, -0.1) is 0 Å². The van der Waals surface area contributed by atoms with Gasteiger partial charge in [-0.1, -0.05) is 12.1 Å². The van der Waals surface area contributed by atoms with Gasteiger partial charge in [0.15, 0.2) is 5.79 Å². The zero-order valence-corrected chi connectivity index (χ0v) is 11.9. The number of hydrogen-bond acceptors (Lipinski definition) is 5. The fourth-order valence-electron chi connectivity index (χ4n) is 3.39. The maximum absolute atomic E-state index is 6.04. The first-order valence-corrected chi connectivity index (χ1v) is 7.44. The van der Waals surface area contributed by atoms with Crippen LogP contribution in [0.1, 0.15) is 12.8 Å². The predicted molar refractivity (Wildman–Crippen MR) is 82.2 cm³/mol. The average molecular weight is 285 g/mol. The van der Waals surface area contributed by atoms with E-state index in [2.05, 4.69) is 22.0 Å². The number of rotatable bonds is 1. The van der Waals surface area contributed by atoms with Crippen LogP contribution in [0.5, 0.6) is 0 Å². The number of nitrogen functional groups attached to an aromatic ring is 1. The van der Waals surface area contributed by atoms with Crippen molar-refractivity contribution in [3.8, 4) is 0 Å². The minimum Gasteiger partial charge on any atom is -0.397 e. The van der Waals surface area contributed by atoms with Crippen molar-refractivity contribution in [3.63, 3.8) is 0 Å². The molecule has 2 N–H and O–H groups in total. The molecule has 0 aliphatic carbocycles. The molecule has 3 heterocycles. The van der Waals surface area contributed by atoms with Crippen LogP contribution in [0.25, 0.3) is 10.9 Å². The lowest BCUT2D eigenvalue weighted by Gasteiger charge is -2.40. The van der Waals surface area contributed by atoms with Crippen molar-refractivity contribution in [2.75, 3.05) is 36.9 Å². The molecule has 0 atom stereocenters. The molecule has 1 aromatic heterocycles. The predicted octanol–water partition coefficient (Wildman–Crippen LogP) is 2.16. The fourth-order valence-corrected chi connectivity index (χ4v) is 3.39. The first-order valence-electron chi connectivity index (χ1n) is 7.44. The van der Waals surface area contributed by atoms with Crippen LogP contribution in [0.15, 0.2) is 30.5 Å². The van der Waals surface area contributed by atoms with Crippen LogP contribution >= 0.6 is 0 Å². The quantitative estimate of drug-likeness (QED) is 0.814. The first-order chi connectivity index (χ1) is 10.3. The molecule has 4 rings (SSSR count). The number of nitrogens with zero attached hydrogens (tertiary/aromatic N) is 2. The van der Waals surface area contributed by atoms with Crippen LogP contribution in [0.2, 0.25) is 0 Å². The highest BCUT2D eigenvalue weighted by Gasteiger charge is 2.41. The minimum absolute atomic E-state index is 0.422. The summed E-state index contributed by atoms with van der Waals surface area (Å²) in [5.74, 6) is -0.422. The van der Waals surface area contributed by atoms with Gasteiger partial charge in [0.2, 0.25) is 0 Å². The van der Waals surface area contributed by atoms with Gasteiger partial charge in [0.05, 0.1) is 31.0 Å². The number of nitrogens with two attached hydrogens (primary N) is 1. The van der Waals surface area contributed by atoms with Gasteiger partial charge in [0, 0.05) is 30.2 Å². The van der Waals surface area contributed by atoms with E-state index < -0.39 is 5.79 Å². The number of hydrogen-bond donors (Lipinski definition) is 1. The van der Waals surface area contributed by atoms with Gasteiger partial charge in [-0.3, -0.25) is 4.98 Å². The Hall–Kier alpha value is -1.85.